The molecule has 0 spiro atoms. The summed E-state index contributed by atoms with van der Waals surface area (Å²) in [5.41, 5.74) is -0.0353. The summed E-state index contributed by atoms with van der Waals surface area (Å²) in [5.74, 6) is -1.55. The van der Waals surface area contributed by atoms with Gasteiger partial charge in [0.25, 0.3) is 0 Å². The van der Waals surface area contributed by atoms with E-state index in [1.54, 1.807) is 0 Å². The van der Waals surface area contributed by atoms with E-state index >= 15 is 0 Å². The highest BCUT2D eigenvalue weighted by Gasteiger charge is 2.20. The normalized spacial score (nSPS) is 15.1. The van der Waals surface area contributed by atoms with E-state index in [0.717, 1.165) is 12.8 Å². The molecule has 0 aromatic heterocycles. The van der Waals surface area contributed by atoms with E-state index < -0.39 is 11.6 Å². The summed E-state index contributed by atoms with van der Waals surface area (Å²) in [4.78, 5) is 24.8. The summed E-state index contributed by atoms with van der Waals surface area (Å²) in [6, 6.07) is 3.67. The van der Waals surface area contributed by atoms with Crippen molar-refractivity contribution < 1.29 is 18.4 Å². The summed E-state index contributed by atoms with van der Waals surface area (Å²) < 4.78 is 26.8. The Balaban J connectivity index is 1.78. The highest BCUT2D eigenvalue weighted by molar-refractivity contribution is 5.85. The molecule has 21 heavy (non-hydrogen) atoms. The van der Waals surface area contributed by atoms with Gasteiger partial charge in [0, 0.05) is 25.1 Å². The fourth-order valence-electron chi connectivity index (χ4n) is 2.36. The lowest BCUT2D eigenvalue weighted by molar-refractivity contribution is -0.137. The number of amides is 2. The van der Waals surface area contributed by atoms with Crippen LogP contribution in [0.2, 0.25) is 0 Å². The minimum absolute atomic E-state index is 0.0125. The first-order valence-electron chi connectivity index (χ1n) is 7.05. The van der Waals surface area contributed by atoms with E-state index in [2.05, 4.69) is 5.32 Å². The number of nitrogens with one attached hydrogen (secondary N) is 1. The molecule has 1 aromatic rings. The number of nitrogens with zero attached hydrogens (tertiary/aromatic N) is 1. The van der Waals surface area contributed by atoms with E-state index in [-0.39, 0.29) is 36.9 Å². The van der Waals surface area contributed by atoms with Gasteiger partial charge in [0.1, 0.15) is 11.6 Å². The predicted molar refractivity (Wildman–Crippen MR) is 73.5 cm³/mol. The van der Waals surface area contributed by atoms with Crippen molar-refractivity contribution in [1.82, 2.24) is 10.2 Å². The Kier molecular flexibility index (Phi) is 5.25. The first kappa shape index (κ1) is 15.4. The molecule has 2 rings (SSSR count). The van der Waals surface area contributed by atoms with Crippen molar-refractivity contribution >= 4 is 11.8 Å². The third-order valence-corrected chi connectivity index (χ3v) is 3.51. The minimum atomic E-state index is -0.615. The van der Waals surface area contributed by atoms with Gasteiger partial charge in [-0.15, -0.1) is 0 Å². The van der Waals surface area contributed by atoms with Crippen LogP contribution in [-0.4, -0.2) is 36.3 Å². The molecule has 4 nitrogen and oxygen atoms in total. The topological polar surface area (TPSA) is 49.4 Å². The quantitative estimate of drug-likeness (QED) is 0.898. The molecule has 0 bridgehead atoms. The van der Waals surface area contributed by atoms with Crippen LogP contribution in [0.3, 0.4) is 0 Å². The first-order valence-corrected chi connectivity index (χ1v) is 7.05. The molecular formula is C15H18F2N2O2. The molecule has 0 radical (unpaired) electrons. The number of benzene rings is 1. The number of hydrogen-bond acceptors (Lipinski definition) is 2. The van der Waals surface area contributed by atoms with Crippen LogP contribution in [-0.2, 0) is 16.0 Å². The van der Waals surface area contributed by atoms with Gasteiger partial charge >= 0.3 is 0 Å². The summed E-state index contributed by atoms with van der Waals surface area (Å²) >= 11 is 0. The van der Waals surface area contributed by atoms with Crippen molar-refractivity contribution in [2.45, 2.75) is 25.7 Å². The van der Waals surface area contributed by atoms with Crippen LogP contribution in [0.5, 0.6) is 0 Å². The Morgan fingerprint density at radius 2 is 1.95 bits per heavy atom. The molecule has 1 aromatic carbocycles. The van der Waals surface area contributed by atoms with Crippen molar-refractivity contribution in [2.75, 3.05) is 19.6 Å². The zero-order valence-electron chi connectivity index (χ0n) is 11.7. The summed E-state index contributed by atoms with van der Waals surface area (Å²) in [6.45, 7) is 0.742. The molecule has 1 fully saturated rings. The SMILES string of the molecule is O=C(CN1CCCCC1=O)NCCc1c(F)cccc1F. The first-order chi connectivity index (χ1) is 10.1. The average Bonchev–Trinajstić information content (AvgIpc) is 2.45. The van der Waals surface area contributed by atoms with Gasteiger partial charge in [-0.3, -0.25) is 9.59 Å². The van der Waals surface area contributed by atoms with Crippen LogP contribution in [0.1, 0.15) is 24.8 Å². The van der Waals surface area contributed by atoms with Gasteiger partial charge in [-0.25, -0.2) is 8.78 Å². The molecule has 0 aliphatic carbocycles. The summed E-state index contributed by atoms with van der Waals surface area (Å²) in [6.07, 6.45) is 2.33. The van der Waals surface area contributed by atoms with Crippen molar-refractivity contribution in [1.29, 1.82) is 0 Å². The summed E-state index contributed by atoms with van der Waals surface area (Å²) in [5, 5.41) is 2.59. The molecule has 114 valence electrons. The van der Waals surface area contributed by atoms with Gasteiger partial charge in [0.2, 0.25) is 11.8 Å². The van der Waals surface area contributed by atoms with Crippen LogP contribution in [0.25, 0.3) is 0 Å². The molecule has 0 atom stereocenters. The lowest BCUT2D eigenvalue weighted by Gasteiger charge is -2.25. The summed E-state index contributed by atoms with van der Waals surface area (Å²) in [7, 11) is 0. The van der Waals surface area contributed by atoms with E-state index in [0.29, 0.717) is 13.0 Å². The zero-order valence-corrected chi connectivity index (χ0v) is 11.7. The number of likely N-dealkylation sites (tertiary alicyclic amines) is 1. The second-order valence-electron chi connectivity index (χ2n) is 5.07. The van der Waals surface area contributed by atoms with Crippen molar-refractivity contribution in [3.8, 4) is 0 Å². The number of hydrogen-bond donors (Lipinski definition) is 1. The third-order valence-electron chi connectivity index (χ3n) is 3.51. The standard InChI is InChI=1S/C15H18F2N2O2/c16-12-4-3-5-13(17)11(12)7-8-18-14(20)10-19-9-2-1-6-15(19)21/h3-5H,1-2,6-10H2,(H,18,20). The van der Waals surface area contributed by atoms with Crippen molar-refractivity contribution in [2.24, 2.45) is 0 Å². The van der Waals surface area contributed by atoms with Crippen LogP contribution >= 0.6 is 0 Å². The Hall–Kier alpha value is -1.98. The Morgan fingerprint density at radius 1 is 1.24 bits per heavy atom. The van der Waals surface area contributed by atoms with Crippen molar-refractivity contribution in [3.63, 3.8) is 0 Å². The van der Waals surface area contributed by atoms with Gasteiger partial charge in [0.05, 0.1) is 6.54 Å². The Labute approximate surface area is 122 Å². The second-order valence-corrected chi connectivity index (χ2v) is 5.07. The average molecular weight is 296 g/mol. The number of carbonyl (C=O) groups is 2. The monoisotopic (exact) mass is 296 g/mol. The molecule has 1 N–H and O–H groups in total. The van der Waals surface area contributed by atoms with E-state index in [4.69, 9.17) is 0 Å². The lowest BCUT2D eigenvalue weighted by Crippen LogP contribution is -2.43. The molecule has 1 aliphatic heterocycles. The maximum absolute atomic E-state index is 13.4. The smallest absolute Gasteiger partial charge is 0.239 e. The van der Waals surface area contributed by atoms with Crippen LogP contribution in [0.15, 0.2) is 18.2 Å². The molecule has 0 unspecified atom stereocenters. The maximum Gasteiger partial charge on any atom is 0.239 e. The fourth-order valence-corrected chi connectivity index (χ4v) is 2.36. The Bertz CT molecular complexity index is 514. The van der Waals surface area contributed by atoms with Gasteiger partial charge in [0.15, 0.2) is 0 Å². The number of rotatable bonds is 5. The minimum Gasteiger partial charge on any atom is -0.354 e. The van der Waals surface area contributed by atoms with E-state index in [9.17, 15) is 18.4 Å². The number of halogens is 2. The highest BCUT2D eigenvalue weighted by Crippen LogP contribution is 2.12. The molecule has 2 amide bonds. The van der Waals surface area contributed by atoms with Gasteiger partial charge in [-0.05, 0) is 31.4 Å². The Morgan fingerprint density at radius 3 is 2.62 bits per heavy atom. The number of carbonyl (C=O) groups excluding carboxylic acids is 2. The van der Waals surface area contributed by atoms with E-state index in [1.165, 1.54) is 23.1 Å². The fraction of sp³-hybridized carbons (Fsp3) is 0.467. The van der Waals surface area contributed by atoms with Crippen LogP contribution in [0.4, 0.5) is 8.78 Å². The van der Waals surface area contributed by atoms with Gasteiger partial charge in [-0.2, -0.15) is 0 Å². The van der Waals surface area contributed by atoms with Gasteiger partial charge in [-0.1, -0.05) is 6.07 Å². The second kappa shape index (κ2) is 7.15. The van der Waals surface area contributed by atoms with E-state index in [1.807, 2.05) is 0 Å². The third kappa shape index (κ3) is 4.24. The van der Waals surface area contributed by atoms with Crippen molar-refractivity contribution in [3.05, 3.63) is 35.4 Å². The zero-order chi connectivity index (χ0) is 15.2. The van der Waals surface area contributed by atoms with Crippen LogP contribution in [0, 0.1) is 11.6 Å². The maximum atomic E-state index is 13.4. The molecule has 1 heterocycles. The molecule has 1 saturated heterocycles. The highest BCUT2D eigenvalue weighted by atomic mass is 19.1. The molecule has 6 heteroatoms. The van der Waals surface area contributed by atoms with Gasteiger partial charge < -0.3 is 10.2 Å². The largest absolute Gasteiger partial charge is 0.354 e. The molecule has 1 aliphatic rings. The number of piperidine rings is 1. The molecule has 0 saturated carbocycles. The predicted octanol–water partition coefficient (Wildman–Crippen LogP) is 1.64. The van der Waals surface area contributed by atoms with Crippen LogP contribution < -0.4 is 5.32 Å². The lowest BCUT2D eigenvalue weighted by atomic mass is 10.1. The molecular weight excluding hydrogens is 278 g/mol.